The van der Waals surface area contributed by atoms with Gasteiger partial charge in [-0.1, -0.05) is 13.0 Å². The van der Waals surface area contributed by atoms with E-state index in [4.69, 9.17) is 0 Å². The molecule has 0 aromatic heterocycles. The van der Waals surface area contributed by atoms with E-state index >= 15 is 0 Å². The maximum atomic E-state index is 3.36. The van der Waals surface area contributed by atoms with E-state index in [9.17, 15) is 0 Å². The zero-order valence-corrected chi connectivity index (χ0v) is 12.6. The van der Waals surface area contributed by atoms with Gasteiger partial charge < -0.3 is 10.2 Å². The maximum absolute atomic E-state index is 3.36. The van der Waals surface area contributed by atoms with E-state index in [2.05, 4.69) is 63.3 Å². The van der Waals surface area contributed by atoms with E-state index in [0.717, 1.165) is 6.54 Å². The third-order valence-corrected chi connectivity index (χ3v) is 3.59. The number of benzene rings is 1. The topological polar surface area (TPSA) is 15.3 Å². The minimum Gasteiger partial charge on any atom is -0.375 e. The molecule has 1 N–H and O–H groups in total. The van der Waals surface area contributed by atoms with Crippen molar-refractivity contribution in [1.29, 1.82) is 0 Å². The van der Waals surface area contributed by atoms with Gasteiger partial charge in [-0.3, -0.25) is 0 Å². The number of nitrogens with zero attached hydrogens (tertiary/aromatic N) is 1. The highest BCUT2D eigenvalue weighted by atomic mass is 15.1. The zero-order chi connectivity index (χ0) is 13.5. The fourth-order valence-electron chi connectivity index (χ4n) is 2.43. The molecule has 0 radical (unpaired) electrons. The molecular formula is C16H28N2. The molecule has 0 saturated heterocycles. The van der Waals surface area contributed by atoms with Gasteiger partial charge in [-0.15, -0.1) is 0 Å². The van der Waals surface area contributed by atoms with Gasteiger partial charge in [0.15, 0.2) is 0 Å². The lowest BCUT2D eigenvalue weighted by Gasteiger charge is -2.22. The smallest absolute Gasteiger partial charge is 0.0368 e. The quantitative estimate of drug-likeness (QED) is 0.794. The first-order valence-corrected chi connectivity index (χ1v) is 7.03. The molecule has 2 heteroatoms. The molecule has 1 aromatic carbocycles. The van der Waals surface area contributed by atoms with Gasteiger partial charge in [-0.2, -0.15) is 0 Å². The minimum atomic E-state index is 0.664. The summed E-state index contributed by atoms with van der Waals surface area (Å²) in [7, 11) is 4.25. The Balaban J connectivity index is 2.47. The molecule has 0 saturated carbocycles. The Morgan fingerprint density at radius 3 is 2.28 bits per heavy atom. The molecule has 0 bridgehead atoms. The van der Waals surface area contributed by atoms with Crippen molar-refractivity contribution in [3.8, 4) is 0 Å². The lowest BCUT2D eigenvalue weighted by Crippen LogP contribution is -2.26. The van der Waals surface area contributed by atoms with E-state index in [0.29, 0.717) is 6.04 Å². The summed E-state index contributed by atoms with van der Waals surface area (Å²) in [5.74, 6) is 0. The van der Waals surface area contributed by atoms with E-state index < -0.39 is 0 Å². The molecule has 18 heavy (non-hydrogen) atoms. The Kier molecular flexibility index (Phi) is 6.20. The van der Waals surface area contributed by atoms with Crippen molar-refractivity contribution in [1.82, 2.24) is 5.32 Å². The average Bonchev–Trinajstić information content (AvgIpc) is 2.33. The standard InChI is InChI=1S/C16H28N2/c1-6-15(17-4)8-7-9-18(5)16-11-13(2)10-14(3)12-16/h10-12,15,17H,6-9H2,1-5H3. The predicted molar refractivity (Wildman–Crippen MR) is 81.6 cm³/mol. The fraction of sp³-hybridized carbons (Fsp3) is 0.625. The van der Waals surface area contributed by atoms with Crippen LogP contribution in [0.25, 0.3) is 0 Å². The van der Waals surface area contributed by atoms with E-state index in [-0.39, 0.29) is 0 Å². The summed E-state index contributed by atoms with van der Waals surface area (Å²) in [6.07, 6.45) is 3.70. The van der Waals surface area contributed by atoms with Gasteiger partial charge in [0, 0.05) is 25.3 Å². The van der Waals surface area contributed by atoms with Crippen molar-refractivity contribution in [3.63, 3.8) is 0 Å². The lowest BCUT2D eigenvalue weighted by molar-refractivity contribution is 0.492. The molecule has 102 valence electrons. The van der Waals surface area contributed by atoms with Crippen molar-refractivity contribution in [2.24, 2.45) is 0 Å². The first-order valence-electron chi connectivity index (χ1n) is 7.03. The molecule has 1 aromatic rings. The second-order valence-corrected chi connectivity index (χ2v) is 5.30. The van der Waals surface area contributed by atoms with Crippen LogP contribution < -0.4 is 10.2 Å². The molecule has 1 unspecified atom stereocenters. The monoisotopic (exact) mass is 248 g/mol. The van der Waals surface area contributed by atoms with E-state index in [1.807, 2.05) is 0 Å². The Morgan fingerprint density at radius 2 is 1.78 bits per heavy atom. The summed E-state index contributed by atoms with van der Waals surface area (Å²) in [5.41, 5.74) is 4.03. The molecule has 0 spiro atoms. The van der Waals surface area contributed by atoms with Crippen molar-refractivity contribution < 1.29 is 0 Å². The number of rotatable bonds is 7. The molecule has 1 atom stereocenters. The largest absolute Gasteiger partial charge is 0.375 e. The van der Waals surface area contributed by atoms with Gasteiger partial charge in [0.2, 0.25) is 0 Å². The summed E-state index contributed by atoms with van der Waals surface area (Å²) in [4.78, 5) is 2.36. The summed E-state index contributed by atoms with van der Waals surface area (Å²) >= 11 is 0. The lowest BCUT2D eigenvalue weighted by atomic mass is 10.1. The Labute approximate surface area is 112 Å². The molecule has 0 amide bonds. The van der Waals surface area contributed by atoms with Gasteiger partial charge in [0.1, 0.15) is 0 Å². The number of hydrogen-bond acceptors (Lipinski definition) is 2. The second-order valence-electron chi connectivity index (χ2n) is 5.30. The van der Waals surface area contributed by atoms with Gasteiger partial charge in [0.25, 0.3) is 0 Å². The zero-order valence-electron chi connectivity index (χ0n) is 12.6. The summed E-state index contributed by atoms with van der Waals surface area (Å²) in [6, 6.07) is 7.42. The highest BCUT2D eigenvalue weighted by molar-refractivity contribution is 5.50. The minimum absolute atomic E-state index is 0.664. The number of hydrogen-bond donors (Lipinski definition) is 1. The highest BCUT2D eigenvalue weighted by Crippen LogP contribution is 2.18. The van der Waals surface area contributed by atoms with Crippen LogP contribution in [0.2, 0.25) is 0 Å². The first-order chi connectivity index (χ1) is 8.56. The van der Waals surface area contributed by atoms with E-state index in [1.54, 1.807) is 0 Å². The molecule has 0 aliphatic heterocycles. The van der Waals surface area contributed by atoms with Gasteiger partial charge in [-0.25, -0.2) is 0 Å². The van der Waals surface area contributed by atoms with Crippen LogP contribution in [0.3, 0.4) is 0 Å². The van der Waals surface area contributed by atoms with Crippen LogP contribution in [-0.2, 0) is 0 Å². The van der Waals surface area contributed by atoms with Gasteiger partial charge in [0.05, 0.1) is 0 Å². The van der Waals surface area contributed by atoms with Crippen LogP contribution in [-0.4, -0.2) is 26.7 Å². The molecule has 0 aliphatic rings. The Bertz CT molecular complexity index is 336. The summed E-state index contributed by atoms with van der Waals surface area (Å²) < 4.78 is 0. The van der Waals surface area contributed by atoms with Crippen molar-refractivity contribution in [3.05, 3.63) is 29.3 Å². The molecular weight excluding hydrogens is 220 g/mol. The third-order valence-electron chi connectivity index (χ3n) is 3.59. The van der Waals surface area contributed by atoms with Crippen LogP contribution in [0.4, 0.5) is 5.69 Å². The number of anilines is 1. The molecule has 1 rings (SSSR count). The van der Waals surface area contributed by atoms with Crippen LogP contribution in [0, 0.1) is 13.8 Å². The maximum Gasteiger partial charge on any atom is 0.0368 e. The van der Waals surface area contributed by atoms with E-state index in [1.165, 1.54) is 36.1 Å². The molecule has 0 heterocycles. The van der Waals surface area contributed by atoms with Gasteiger partial charge in [-0.05, 0) is 63.4 Å². The highest BCUT2D eigenvalue weighted by Gasteiger charge is 2.05. The Hall–Kier alpha value is -1.02. The fourth-order valence-corrected chi connectivity index (χ4v) is 2.43. The van der Waals surface area contributed by atoms with Crippen molar-refractivity contribution >= 4 is 5.69 Å². The van der Waals surface area contributed by atoms with Crippen LogP contribution in [0.15, 0.2) is 18.2 Å². The second kappa shape index (κ2) is 7.42. The van der Waals surface area contributed by atoms with Gasteiger partial charge >= 0.3 is 0 Å². The molecule has 0 fully saturated rings. The van der Waals surface area contributed by atoms with Crippen LogP contribution in [0.1, 0.15) is 37.3 Å². The first kappa shape index (κ1) is 15.0. The summed E-state index contributed by atoms with van der Waals surface area (Å²) in [6.45, 7) is 7.70. The van der Waals surface area contributed by atoms with Crippen LogP contribution >= 0.6 is 0 Å². The van der Waals surface area contributed by atoms with Crippen LogP contribution in [0.5, 0.6) is 0 Å². The number of nitrogens with one attached hydrogen (secondary N) is 1. The summed E-state index contributed by atoms with van der Waals surface area (Å²) in [5, 5.41) is 3.36. The normalized spacial score (nSPS) is 12.5. The van der Waals surface area contributed by atoms with Crippen molar-refractivity contribution in [2.75, 3.05) is 25.5 Å². The Morgan fingerprint density at radius 1 is 1.17 bits per heavy atom. The average molecular weight is 248 g/mol. The van der Waals surface area contributed by atoms with Crippen molar-refractivity contribution in [2.45, 2.75) is 46.1 Å². The molecule has 2 nitrogen and oxygen atoms in total. The predicted octanol–water partition coefficient (Wildman–Crippen LogP) is 3.52. The third kappa shape index (κ3) is 4.69. The number of aryl methyl sites for hydroxylation is 2. The molecule has 0 aliphatic carbocycles. The SMILES string of the molecule is CCC(CCCN(C)c1cc(C)cc(C)c1)NC.